The minimum atomic E-state index is -0.237. The molecule has 0 spiro atoms. The van der Waals surface area contributed by atoms with Gasteiger partial charge in [-0.1, -0.05) is 37.3 Å². The van der Waals surface area contributed by atoms with Crippen molar-refractivity contribution in [2.45, 2.75) is 38.3 Å². The van der Waals surface area contributed by atoms with Crippen LogP contribution in [0.5, 0.6) is 0 Å². The molecule has 0 saturated carbocycles. The van der Waals surface area contributed by atoms with Gasteiger partial charge >= 0.3 is 0 Å². The van der Waals surface area contributed by atoms with E-state index in [4.69, 9.17) is 11.5 Å². The molecular formula is C16H25N3O. The smallest absolute Gasteiger partial charge is 0.224 e. The molecule has 1 aliphatic rings. The van der Waals surface area contributed by atoms with Gasteiger partial charge in [0.2, 0.25) is 5.91 Å². The number of amides is 1. The average Bonchev–Trinajstić information content (AvgIpc) is 2.47. The summed E-state index contributed by atoms with van der Waals surface area (Å²) in [6, 6.07) is 9.72. The summed E-state index contributed by atoms with van der Waals surface area (Å²) in [5, 5.41) is 0. The van der Waals surface area contributed by atoms with Crippen LogP contribution in [-0.4, -0.2) is 29.9 Å². The Balaban J connectivity index is 2.00. The van der Waals surface area contributed by atoms with Gasteiger partial charge in [0.15, 0.2) is 0 Å². The number of nitrogens with two attached hydrogens (primary N) is 2. The van der Waals surface area contributed by atoms with E-state index in [1.165, 1.54) is 0 Å². The highest BCUT2D eigenvalue weighted by atomic mass is 16.2. The predicted molar refractivity (Wildman–Crippen MR) is 80.9 cm³/mol. The third-order valence-corrected chi connectivity index (χ3v) is 4.30. The van der Waals surface area contributed by atoms with Crippen LogP contribution in [0.4, 0.5) is 0 Å². The lowest BCUT2D eigenvalue weighted by Gasteiger charge is -2.40. The van der Waals surface area contributed by atoms with Gasteiger partial charge in [-0.2, -0.15) is 0 Å². The normalized spacial score (nSPS) is 24.4. The highest BCUT2D eigenvalue weighted by Gasteiger charge is 2.31. The molecule has 4 heteroatoms. The molecule has 0 aromatic heterocycles. The van der Waals surface area contributed by atoms with Gasteiger partial charge in [0, 0.05) is 31.6 Å². The third-order valence-electron chi connectivity index (χ3n) is 4.30. The molecule has 3 atom stereocenters. The van der Waals surface area contributed by atoms with Crippen LogP contribution in [0.3, 0.4) is 0 Å². The molecule has 1 saturated heterocycles. The SMILES string of the molecule is C[C@@H]1CCCN(C(=O)C[C@@H](N)c2ccccc2)[C@H]1CN. The van der Waals surface area contributed by atoms with E-state index in [9.17, 15) is 4.79 Å². The first kappa shape index (κ1) is 15.0. The summed E-state index contributed by atoms with van der Waals surface area (Å²) in [7, 11) is 0. The lowest BCUT2D eigenvalue weighted by Crippen LogP contribution is -2.51. The van der Waals surface area contributed by atoms with E-state index in [0.717, 1.165) is 24.9 Å². The number of hydrogen-bond acceptors (Lipinski definition) is 3. The minimum absolute atomic E-state index is 0.128. The summed E-state index contributed by atoms with van der Waals surface area (Å²) < 4.78 is 0. The topological polar surface area (TPSA) is 72.3 Å². The summed E-state index contributed by atoms with van der Waals surface area (Å²) in [5.74, 6) is 0.606. The summed E-state index contributed by atoms with van der Waals surface area (Å²) >= 11 is 0. The van der Waals surface area contributed by atoms with Crippen LogP contribution in [0.25, 0.3) is 0 Å². The zero-order chi connectivity index (χ0) is 14.5. The molecule has 0 bridgehead atoms. The minimum Gasteiger partial charge on any atom is -0.338 e. The Kier molecular flexibility index (Phi) is 5.15. The van der Waals surface area contributed by atoms with Crippen molar-refractivity contribution < 1.29 is 4.79 Å². The van der Waals surface area contributed by atoms with E-state index in [2.05, 4.69) is 6.92 Å². The van der Waals surface area contributed by atoms with Crippen LogP contribution in [0.1, 0.15) is 37.8 Å². The molecule has 1 amide bonds. The van der Waals surface area contributed by atoms with Gasteiger partial charge in [-0.3, -0.25) is 4.79 Å². The lowest BCUT2D eigenvalue weighted by atomic mass is 9.90. The van der Waals surface area contributed by atoms with Crippen molar-refractivity contribution in [2.24, 2.45) is 17.4 Å². The number of piperidine rings is 1. The molecule has 0 unspecified atom stereocenters. The zero-order valence-electron chi connectivity index (χ0n) is 12.2. The van der Waals surface area contributed by atoms with Gasteiger partial charge in [0.1, 0.15) is 0 Å². The zero-order valence-corrected chi connectivity index (χ0v) is 12.2. The fourth-order valence-electron chi connectivity index (χ4n) is 3.04. The van der Waals surface area contributed by atoms with Crippen LogP contribution in [0.2, 0.25) is 0 Å². The molecule has 20 heavy (non-hydrogen) atoms. The van der Waals surface area contributed by atoms with Gasteiger partial charge < -0.3 is 16.4 Å². The Morgan fingerprint density at radius 1 is 1.40 bits per heavy atom. The van der Waals surface area contributed by atoms with Gasteiger partial charge in [-0.25, -0.2) is 0 Å². The molecular weight excluding hydrogens is 250 g/mol. The number of carbonyl (C=O) groups is 1. The molecule has 1 aliphatic heterocycles. The van der Waals surface area contributed by atoms with Crippen LogP contribution in [-0.2, 0) is 4.79 Å². The number of rotatable bonds is 4. The molecule has 0 aliphatic carbocycles. The van der Waals surface area contributed by atoms with E-state index in [1.807, 2.05) is 35.2 Å². The fourth-order valence-corrected chi connectivity index (χ4v) is 3.04. The molecule has 1 aromatic carbocycles. The monoisotopic (exact) mass is 275 g/mol. The van der Waals surface area contributed by atoms with Crippen LogP contribution in [0.15, 0.2) is 30.3 Å². The van der Waals surface area contributed by atoms with Gasteiger partial charge in [-0.15, -0.1) is 0 Å². The van der Waals surface area contributed by atoms with Crippen molar-refractivity contribution in [3.8, 4) is 0 Å². The standard InChI is InChI=1S/C16H25N3O/c1-12-6-5-9-19(15(12)11-17)16(20)10-14(18)13-7-3-2-4-8-13/h2-4,7-8,12,14-15H,5-6,9-11,17-18H2,1H3/t12-,14-,15+/m1/s1. The van der Waals surface area contributed by atoms with Gasteiger partial charge in [0.25, 0.3) is 0 Å². The van der Waals surface area contributed by atoms with E-state index in [1.54, 1.807) is 0 Å². The van der Waals surface area contributed by atoms with Crippen LogP contribution in [0, 0.1) is 5.92 Å². The molecule has 1 fully saturated rings. The number of hydrogen-bond donors (Lipinski definition) is 2. The fraction of sp³-hybridized carbons (Fsp3) is 0.562. The Bertz CT molecular complexity index is 435. The first-order valence-corrected chi connectivity index (χ1v) is 7.43. The molecule has 2 rings (SSSR count). The van der Waals surface area contributed by atoms with Gasteiger partial charge in [-0.05, 0) is 24.3 Å². The summed E-state index contributed by atoms with van der Waals surface area (Å²) in [5.41, 5.74) is 13.0. The van der Waals surface area contributed by atoms with Crippen molar-refractivity contribution in [3.63, 3.8) is 0 Å². The maximum Gasteiger partial charge on any atom is 0.224 e. The number of nitrogens with zero attached hydrogens (tertiary/aromatic N) is 1. The Labute approximate surface area is 121 Å². The molecule has 4 N–H and O–H groups in total. The van der Waals surface area contributed by atoms with Crippen molar-refractivity contribution in [2.75, 3.05) is 13.1 Å². The van der Waals surface area contributed by atoms with E-state index >= 15 is 0 Å². The Morgan fingerprint density at radius 2 is 2.10 bits per heavy atom. The van der Waals surface area contributed by atoms with Crippen LogP contribution < -0.4 is 11.5 Å². The lowest BCUT2D eigenvalue weighted by molar-refractivity contribution is -0.136. The van der Waals surface area contributed by atoms with Crippen molar-refractivity contribution in [1.29, 1.82) is 0 Å². The second kappa shape index (κ2) is 6.86. The van der Waals surface area contributed by atoms with E-state index in [-0.39, 0.29) is 18.0 Å². The second-order valence-electron chi connectivity index (χ2n) is 5.73. The quantitative estimate of drug-likeness (QED) is 0.878. The van der Waals surface area contributed by atoms with Crippen molar-refractivity contribution in [3.05, 3.63) is 35.9 Å². The summed E-state index contributed by atoms with van der Waals surface area (Å²) in [6.45, 7) is 3.52. The van der Waals surface area contributed by atoms with E-state index < -0.39 is 0 Å². The predicted octanol–water partition coefficient (Wildman–Crippen LogP) is 1.66. The number of likely N-dealkylation sites (tertiary alicyclic amines) is 1. The number of benzene rings is 1. The summed E-state index contributed by atoms with van der Waals surface area (Å²) in [4.78, 5) is 14.4. The van der Waals surface area contributed by atoms with E-state index in [0.29, 0.717) is 18.9 Å². The maximum absolute atomic E-state index is 12.5. The summed E-state index contributed by atoms with van der Waals surface area (Å²) in [6.07, 6.45) is 2.56. The molecule has 1 heterocycles. The van der Waals surface area contributed by atoms with Crippen molar-refractivity contribution in [1.82, 2.24) is 4.90 Å². The first-order chi connectivity index (χ1) is 9.63. The Morgan fingerprint density at radius 3 is 2.75 bits per heavy atom. The average molecular weight is 275 g/mol. The van der Waals surface area contributed by atoms with Gasteiger partial charge in [0.05, 0.1) is 0 Å². The molecule has 4 nitrogen and oxygen atoms in total. The first-order valence-electron chi connectivity index (χ1n) is 7.43. The highest BCUT2D eigenvalue weighted by molar-refractivity contribution is 5.77. The third kappa shape index (κ3) is 3.38. The maximum atomic E-state index is 12.5. The molecule has 110 valence electrons. The van der Waals surface area contributed by atoms with Crippen LogP contribution >= 0.6 is 0 Å². The van der Waals surface area contributed by atoms with Crippen molar-refractivity contribution >= 4 is 5.91 Å². The number of carbonyl (C=O) groups excluding carboxylic acids is 1. The second-order valence-corrected chi connectivity index (χ2v) is 5.73. The largest absolute Gasteiger partial charge is 0.338 e. The molecule has 1 aromatic rings. The molecule has 0 radical (unpaired) electrons. The highest BCUT2D eigenvalue weighted by Crippen LogP contribution is 2.24. The Hall–Kier alpha value is -1.39.